The topological polar surface area (TPSA) is 0 Å². The van der Waals surface area contributed by atoms with E-state index in [9.17, 15) is 0 Å². The zero-order valence-corrected chi connectivity index (χ0v) is 15.3. The van der Waals surface area contributed by atoms with E-state index in [2.05, 4.69) is 6.92 Å². The smallest absolute Gasteiger partial charge is 0.0798 e. The predicted molar refractivity (Wildman–Crippen MR) is 96.1 cm³/mol. The van der Waals surface area contributed by atoms with E-state index in [-0.39, 0.29) is 0 Å². The summed E-state index contributed by atoms with van der Waals surface area (Å²) >= 11 is 5.90. The van der Waals surface area contributed by atoms with Crippen molar-refractivity contribution in [3.63, 3.8) is 0 Å². The maximum atomic E-state index is 5.90. The van der Waals surface area contributed by atoms with Crippen molar-refractivity contribution in [2.75, 3.05) is 32.1 Å². The first kappa shape index (κ1) is 19.3. The first-order chi connectivity index (χ1) is 10.3. The van der Waals surface area contributed by atoms with Gasteiger partial charge in [0.1, 0.15) is 0 Å². The molecule has 0 atom stereocenters. The van der Waals surface area contributed by atoms with Gasteiger partial charge in [0.15, 0.2) is 0 Å². The third-order valence-corrected chi connectivity index (χ3v) is 5.53. The van der Waals surface area contributed by atoms with Crippen molar-refractivity contribution in [3.8, 4) is 0 Å². The summed E-state index contributed by atoms with van der Waals surface area (Å²) in [6.45, 7) is 7.90. The van der Waals surface area contributed by atoms with Crippen LogP contribution in [0, 0.1) is 0 Å². The van der Waals surface area contributed by atoms with Gasteiger partial charge < -0.3 is 4.48 Å². The SMILES string of the molecule is CCCCCCCCCCCC[N+]1(CCCCl)CCCC1. The zero-order chi connectivity index (χ0) is 15.2. The second kappa shape index (κ2) is 12.8. The van der Waals surface area contributed by atoms with Crippen LogP contribution in [0.2, 0.25) is 0 Å². The average Bonchev–Trinajstić information content (AvgIpc) is 2.96. The molecule has 0 aromatic heterocycles. The Labute approximate surface area is 139 Å². The molecule has 0 aromatic rings. The molecule has 1 aliphatic heterocycles. The van der Waals surface area contributed by atoms with E-state index in [1.165, 1.54) is 114 Å². The standard InChI is InChI=1S/C19H39ClN/c1-2-3-4-5-6-7-8-9-10-11-16-21(19-14-15-20)17-12-13-18-21/h2-19H2,1H3/q+1. The Balaban J connectivity index is 1.94. The number of nitrogens with zero attached hydrogens (tertiary/aromatic N) is 1. The van der Waals surface area contributed by atoms with Crippen LogP contribution in [-0.4, -0.2) is 36.5 Å². The normalized spacial score (nSPS) is 17.4. The molecule has 0 radical (unpaired) electrons. The molecular weight excluding hydrogens is 278 g/mol. The van der Waals surface area contributed by atoms with Gasteiger partial charge in [0.2, 0.25) is 0 Å². The minimum absolute atomic E-state index is 0.845. The van der Waals surface area contributed by atoms with E-state index in [0.29, 0.717) is 0 Å². The van der Waals surface area contributed by atoms with Crippen LogP contribution >= 0.6 is 11.6 Å². The van der Waals surface area contributed by atoms with Crippen molar-refractivity contribution >= 4 is 11.6 Å². The van der Waals surface area contributed by atoms with E-state index >= 15 is 0 Å². The third kappa shape index (κ3) is 9.08. The Morgan fingerprint density at radius 1 is 0.667 bits per heavy atom. The highest BCUT2D eigenvalue weighted by Gasteiger charge is 2.30. The monoisotopic (exact) mass is 316 g/mol. The number of unbranched alkanes of at least 4 members (excludes halogenated alkanes) is 9. The van der Waals surface area contributed by atoms with Crippen molar-refractivity contribution in [1.29, 1.82) is 0 Å². The zero-order valence-electron chi connectivity index (χ0n) is 14.6. The van der Waals surface area contributed by atoms with Crippen molar-refractivity contribution < 1.29 is 4.48 Å². The number of rotatable bonds is 14. The summed E-state index contributed by atoms with van der Waals surface area (Å²) < 4.78 is 1.39. The van der Waals surface area contributed by atoms with Gasteiger partial charge in [0, 0.05) is 25.1 Å². The van der Waals surface area contributed by atoms with Crippen molar-refractivity contribution in [2.24, 2.45) is 0 Å². The van der Waals surface area contributed by atoms with E-state index in [1.807, 2.05) is 0 Å². The number of hydrogen-bond donors (Lipinski definition) is 0. The van der Waals surface area contributed by atoms with Crippen LogP contribution in [0.3, 0.4) is 0 Å². The largest absolute Gasteiger partial charge is 0.324 e. The second-order valence-corrected chi connectivity index (χ2v) is 7.55. The average molecular weight is 317 g/mol. The fraction of sp³-hybridized carbons (Fsp3) is 1.00. The number of likely N-dealkylation sites (tertiary alicyclic amines) is 1. The van der Waals surface area contributed by atoms with E-state index in [0.717, 1.165) is 5.88 Å². The summed E-state index contributed by atoms with van der Waals surface area (Å²) in [6.07, 6.45) is 18.6. The summed E-state index contributed by atoms with van der Waals surface area (Å²) in [5.74, 6) is 0.845. The van der Waals surface area contributed by atoms with Gasteiger partial charge in [-0.3, -0.25) is 0 Å². The summed E-state index contributed by atoms with van der Waals surface area (Å²) in [6, 6.07) is 0. The predicted octanol–water partition coefficient (Wildman–Crippen LogP) is 6.15. The van der Waals surface area contributed by atoms with Gasteiger partial charge in [-0.2, -0.15) is 0 Å². The molecule has 0 bridgehead atoms. The fourth-order valence-electron chi connectivity index (χ4n) is 3.90. The van der Waals surface area contributed by atoms with Gasteiger partial charge in [-0.15, -0.1) is 11.6 Å². The van der Waals surface area contributed by atoms with Gasteiger partial charge in [0.05, 0.1) is 26.2 Å². The van der Waals surface area contributed by atoms with E-state index in [1.54, 1.807) is 0 Å². The number of halogens is 1. The van der Waals surface area contributed by atoms with Gasteiger partial charge >= 0.3 is 0 Å². The Kier molecular flexibility index (Phi) is 11.7. The van der Waals surface area contributed by atoms with E-state index in [4.69, 9.17) is 11.6 Å². The van der Waals surface area contributed by atoms with Crippen LogP contribution in [0.4, 0.5) is 0 Å². The minimum Gasteiger partial charge on any atom is -0.324 e. The molecule has 1 aliphatic rings. The molecule has 0 spiro atoms. The molecule has 1 nitrogen and oxygen atoms in total. The van der Waals surface area contributed by atoms with Gasteiger partial charge in [-0.1, -0.05) is 58.3 Å². The molecule has 1 heterocycles. The second-order valence-electron chi connectivity index (χ2n) is 7.17. The highest BCUT2D eigenvalue weighted by atomic mass is 35.5. The van der Waals surface area contributed by atoms with Crippen LogP contribution < -0.4 is 0 Å². The quantitative estimate of drug-likeness (QED) is 0.205. The van der Waals surface area contributed by atoms with Crippen LogP contribution in [-0.2, 0) is 0 Å². The minimum atomic E-state index is 0.845. The highest BCUT2D eigenvalue weighted by Crippen LogP contribution is 2.22. The molecule has 0 amide bonds. The molecule has 0 aromatic carbocycles. The molecule has 21 heavy (non-hydrogen) atoms. The van der Waals surface area contributed by atoms with Crippen molar-refractivity contribution in [2.45, 2.75) is 90.4 Å². The molecule has 0 unspecified atom stereocenters. The Bertz CT molecular complexity index is 224. The molecule has 0 saturated carbocycles. The number of alkyl halides is 1. The number of quaternary nitrogens is 1. The molecule has 1 fully saturated rings. The summed E-state index contributed by atoms with van der Waals surface area (Å²) in [5, 5.41) is 0. The Hall–Kier alpha value is 0.250. The molecule has 0 N–H and O–H groups in total. The summed E-state index contributed by atoms with van der Waals surface area (Å²) in [7, 11) is 0. The van der Waals surface area contributed by atoms with Gasteiger partial charge in [0.25, 0.3) is 0 Å². The van der Waals surface area contributed by atoms with Gasteiger partial charge in [-0.25, -0.2) is 0 Å². The molecular formula is C19H39ClN+. The Morgan fingerprint density at radius 2 is 1.14 bits per heavy atom. The van der Waals surface area contributed by atoms with Crippen LogP contribution in [0.25, 0.3) is 0 Å². The lowest BCUT2D eigenvalue weighted by atomic mass is 10.1. The lowest BCUT2D eigenvalue weighted by molar-refractivity contribution is -0.917. The Morgan fingerprint density at radius 3 is 1.67 bits per heavy atom. The maximum absolute atomic E-state index is 5.90. The third-order valence-electron chi connectivity index (χ3n) is 5.27. The maximum Gasteiger partial charge on any atom is 0.0798 e. The van der Waals surface area contributed by atoms with Crippen LogP contribution in [0.5, 0.6) is 0 Å². The molecule has 2 heteroatoms. The molecule has 1 rings (SSSR count). The highest BCUT2D eigenvalue weighted by molar-refractivity contribution is 6.17. The van der Waals surface area contributed by atoms with E-state index < -0.39 is 0 Å². The fourth-order valence-corrected chi connectivity index (χ4v) is 4.01. The van der Waals surface area contributed by atoms with Crippen molar-refractivity contribution in [1.82, 2.24) is 0 Å². The van der Waals surface area contributed by atoms with Crippen LogP contribution in [0.15, 0.2) is 0 Å². The van der Waals surface area contributed by atoms with Gasteiger partial charge in [-0.05, 0) is 12.8 Å². The lowest BCUT2D eigenvalue weighted by Gasteiger charge is -2.34. The van der Waals surface area contributed by atoms with Crippen molar-refractivity contribution in [3.05, 3.63) is 0 Å². The molecule has 0 aliphatic carbocycles. The molecule has 1 saturated heterocycles. The van der Waals surface area contributed by atoms with Crippen LogP contribution in [0.1, 0.15) is 90.4 Å². The molecule has 126 valence electrons. The number of hydrogen-bond acceptors (Lipinski definition) is 0. The first-order valence-corrected chi connectivity index (χ1v) is 10.3. The first-order valence-electron chi connectivity index (χ1n) is 9.74. The summed E-state index contributed by atoms with van der Waals surface area (Å²) in [4.78, 5) is 0. The lowest BCUT2D eigenvalue weighted by Crippen LogP contribution is -2.46. The summed E-state index contributed by atoms with van der Waals surface area (Å²) in [5.41, 5.74) is 0.